The number of hydrogen-bond acceptors (Lipinski definition) is 8. The van der Waals surface area contributed by atoms with Gasteiger partial charge in [-0.15, -0.1) is 0 Å². The predicted octanol–water partition coefficient (Wildman–Crippen LogP) is 11.2. The monoisotopic (exact) mass is 758 g/mol. The minimum Gasteiger partial charge on any atom is -0.422 e. The van der Waals surface area contributed by atoms with E-state index in [9.17, 15) is 19.2 Å². The van der Waals surface area contributed by atoms with Gasteiger partial charge in [0.15, 0.2) is 0 Å². The molecule has 0 atom stereocenters. The highest BCUT2D eigenvalue weighted by atomic mass is 16.6. The van der Waals surface area contributed by atoms with Crippen LogP contribution in [0.3, 0.4) is 0 Å². The van der Waals surface area contributed by atoms with E-state index in [1.54, 1.807) is 84.9 Å². The molecule has 0 fully saturated rings. The molecule has 9 aromatic carbocycles. The van der Waals surface area contributed by atoms with Gasteiger partial charge in [0.1, 0.15) is 23.0 Å². The average Bonchev–Trinajstić information content (AvgIpc) is 3.26. The summed E-state index contributed by atoms with van der Waals surface area (Å²) in [5, 5.41) is 5.68. The highest BCUT2D eigenvalue weighted by Gasteiger charge is 2.34. The molecule has 0 N–H and O–H groups in total. The van der Waals surface area contributed by atoms with Crippen molar-refractivity contribution in [1.82, 2.24) is 0 Å². The molecule has 0 saturated heterocycles. The fourth-order valence-electron chi connectivity index (χ4n) is 7.12. The highest BCUT2D eigenvalue weighted by Crippen LogP contribution is 2.34. The molecule has 0 saturated carbocycles. The molecule has 9 aromatic rings. The Bertz CT molecular complexity index is 2880. The standard InChI is InChI=1S/C50H30O8/c51-47(55-41-25-9-17-31-13-1-5-21-35(31)41)39-29-30-40(48(52)56-42-26-10-18-32-14-2-6-22-36(32)42)46(50(54)58-44-28-12-20-34-16-4-8-24-38(34)44)45(39)49(53)57-43-27-11-19-33-15-3-7-23-37(33)43/h1-30H. The van der Waals surface area contributed by atoms with E-state index in [0.29, 0.717) is 21.5 Å². The number of hydrogen-bond donors (Lipinski definition) is 0. The van der Waals surface area contributed by atoms with Crippen LogP contribution in [0.15, 0.2) is 182 Å². The molecule has 0 spiro atoms. The second kappa shape index (κ2) is 15.2. The largest absolute Gasteiger partial charge is 0.422 e. The Morgan fingerprint density at radius 3 is 0.793 bits per heavy atom. The third-order valence-corrected chi connectivity index (χ3v) is 9.86. The molecule has 0 radical (unpaired) electrons. The fraction of sp³-hybridized carbons (Fsp3) is 0. The van der Waals surface area contributed by atoms with E-state index in [1.807, 2.05) is 84.9 Å². The van der Waals surface area contributed by atoms with Gasteiger partial charge in [-0.1, -0.05) is 146 Å². The second-order valence-corrected chi connectivity index (χ2v) is 13.4. The first kappa shape index (κ1) is 35.6. The molecule has 0 unspecified atom stereocenters. The van der Waals surface area contributed by atoms with Crippen molar-refractivity contribution in [2.75, 3.05) is 0 Å². The molecule has 278 valence electrons. The summed E-state index contributed by atoms with van der Waals surface area (Å²) in [5.74, 6) is -3.41. The number of rotatable bonds is 8. The van der Waals surface area contributed by atoms with Gasteiger partial charge in [-0.05, 0) is 57.9 Å². The van der Waals surface area contributed by atoms with Crippen molar-refractivity contribution in [3.8, 4) is 23.0 Å². The summed E-state index contributed by atoms with van der Waals surface area (Å²) in [6.07, 6.45) is 0. The van der Waals surface area contributed by atoms with Crippen LogP contribution >= 0.6 is 0 Å². The number of fused-ring (bicyclic) bond motifs is 4. The minimum atomic E-state index is -1.11. The molecule has 9 rings (SSSR count). The van der Waals surface area contributed by atoms with Gasteiger partial charge in [0.2, 0.25) is 0 Å². The van der Waals surface area contributed by atoms with Crippen molar-refractivity contribution in [1.29, 1.82) is 0 Å². The Labute approximate surface area is 331 Å². The zero-order chi connectivity index (χ0) is 39.6. The van der Waals surface area contributed by atoms with Gasteiger partial charge in [0.25, 0.3) is 0 Å². The summed E-state index contributed by atoms with van der Waals surface area (Å²) < 4.78 is 24.0. The van der Waals surface area contributed by atoms with Gasteiger partial charge in [0.05, 0.1) is 22.3 Å². The molecule has 0 aromatic heterocycles. The second-order valence-electron chi connectivity index (χ2n) is 13.4. The van der Waals surface area contributed by atoms with E-state index in [-0.39, 0.29) is 34.1 Å². The van der Waals surface area contributed by atoms with Crippen LogP contribution in [0.4, 0.5) is 0 Å². The maximum absolute atomic E-state index is 14.8. The summed E-state index contributed by atoms with van der Waals surface area (Å²) in [7, 11) is 0. The van der Waals surface area contributed by atoms with Gasteiger partial charge in [-0.25, -0.2) is 19.2 Å². The highest BCUT2D eigenvalue weighted by molar-refractivity contribution is 6.17. The van der Waals surface area contributed by atoms with Gasteiger partial charge < -0.3 is 18.9 Å². The quantitative estimate of drug-likeness (QED) is 0.111. The zero-order valence-corrected chi connectivity index (χ0v) is 30.6. The molecule has 0 aliphatic carbocycles. The Balaban J connectivity index is 1.23. The van der Waals surface area contributed by atoms with Crippen molar-refractivity contribution in [2.24, 2.45) is 0 Å². The van der Waals surface area contributed by atoms with Crippen LogP contribution < -0.4 is 18.9 Å². The van der Waals surface area contributed by atoms with E-state index in [4.69, 9.17) is 18.9 Å². The third kappa shape index (κ3) is 6.75. The van der Waals surface area contributed by atoms with E-state index in [2.05, 4.69) is 0 Å². The fourth-order valence-corrected chi connectivity index (χ4v) is 7.12. The predicted molar refractivity (Wildman–Crippen MR) is 222 cm³/mol. The van der Waals surface area contributed by atoms with Gasteiger partial charge in [0, 0.05) is 21.5 Å². The van der Waals surface area contributed by atoms with Crippen LogP contribution in [0.25, 0.3) is 43.1 Å². The third-order valence-electron chi connectivity index (χ3n) is 9.86. The van der Waals surface area contributed by atoms with Crippen LogP contribution in [0, 0.1) is 0 Å². The first-order valence-corrected chi connectivity index (χ1v) is 18.4. The average molecular weight is 759 g/mol. The van der Waals surface area contributed by atoms with Crippen molar-refractivity contribution in [3.05, 3.63) is 204 Å². The molecular formula is C50H30O8. The number of carbonyl (C=O) groups excluding carboxylic acids is 4. The first-order valence-electron chi connectivity index (χ1n) is 18.4. The van der Waals surface area contributed by atoms with Crippen LogP contribution in [0.1, 0.15) is 41.4 Å². The molecular weight excluding hydrogens is 729 g/mol. The van der Waals surface area contributed by atoms with E-state index < -0.39 is 35.0 Å². The van der Waals surface area contributed by atoms with Crippen LogP contribution in [0.2, 0.25) is 0 Å². The Hall–Kier alpha value is -8.10. The zero-order valence-electron chi connectivity index (χ0n) is 30.6. The molecule has 0 amide bonds. The number of esters is 4. The topological polar surface area (TPSA) is 105 Å². The Kier molecular flexibility index (Phi) is 9.33. The summed E-state index contributed by atoms with van der Waals surface area (Å²) in [5.41, 5.74) is -1.78. The lowest BCUT2D eigenvalue weighted by molar-refractivity contribution is 0.0663. The van der Waals surface area contributed by atoms with E-state index in [1.165, 1.54) is 12.1 Å². The van der Waals surface area contributed by atoms with Crippen LogP contribution in [0.5, 0.6) is 23.0 Å². The molecule has 8 nitrogen and oxygen atoms in total. The van der Waals surface area contributed by atoms with Crippen molar-refractivity contribution < 1.29 is 38.1 Å². The van der Waals surface area contributed by atoms with E-state index in [0.717, 1.165) is 21.5 Å². The Morgan fingerprint density at radius 1 is 0.259 bits per heavy atom. The van der Waals surface area contributed by atoms with Gasteiger partial charge in [-0.3, -0.25) is 0 Å². The maximum atomic E-state index is 14.8. The molecule has 8 heteroatoms. The lowest BCUT2D eigenvalue weighted by atomic mass is 9.95. The lowest BCUT2D eigenvalue weighted by Gasteiger charge is -2.18. The molecule has 0 heterocycles. The molecule has 0 aliphatic heterocycles. The summed E-state index contributed by atoms with van der Waals surface area (Å²) in [4.78, 5) is 58.3. The molecule has 58 heavy (non-hydrogen) atoms. The minimum absolute atomic E-state index is 0.161. The lowest BCUT2D eigenvalue weighted by Crippen LogP contribution is -2.27. The maximum Gasteiger partial charge on any atom is 0.345 e. The van der Waals surface area contributed by atoms with Gasteiger partial charge >= 0.3 is 23.9 Å². The van der Waals surface area contributed by atoms with Crippen LogP contribution in [-0.2, 0) is 0 Å². The summed E-state index contributed by atoms with van der Waals surface area (Å²) in [6.45, 7) is 0. The summed E-state index contributed by atoms with van der Waals surface area (Å²) >= 11 is 0. The normalized spacial score (nSPS) is 11.0. The number of carbonyl (C=O) groups is 4. The molecule has 0 bridgehead atoms. The number of ether oxygens (including phenoxy) is 4. The Morgan fingerprint density at radius 2 is 0.500 bits per heavy atom. The molecule has 0 aliphatic rings. The summed E-state index contributed by atoms with van der Waals surface area (Å²) in [6, 6.07) is 52.6. The van der Waals surface area contributed by atoms with Crippen molar-refractivity contribution >= 4 is 67.0 Å². The first-order chi connectivity index (χ1) is 28.4. The van der Waals surface area contributed by atoms with E-state index >= 15 is 0 Å². The van der Waals surface area contributed by atoms with Crippen LogP contribution in [-0.4, -0.2) is 23.9 Å². The van der Waals surface area contributed by atoms with Gasteiger partial charge in [-0.2, -0.15) is 0 Å². The van der Waals surface area contributed by atoms with Crippen molar-refractivity contribution in [2.45, 2.75) is 0 Å². The smallest absolute Gasteiger partial charge is 0.345 e. The van der Waals surface area contributed by atoms with Crippen molar-refractivity contribution in [3.63, 3.8) is 0 Å². The number of benzene rings is 9. The SMILES string of the molecule is O=C(Oc1cccc2ccccc12)c1ccc(C(=O)Oc2cccc3ccccc23)c(C(=O)Oc2cccc3ccccc23)c1C(=O)Oc1cccc2ccccc12.